The summed E-state index contributed by atoms with van der Waals surface area (Å²) >= 11 is 0. The van der Waals surface area contributed by atoms with Crippen LogP contribution < -0.4 is 9.47 Å². The van der Waals surface area contributed by atoms with Crippen molar-refractivity contribution in [2.24, 2.45) is 5.92 Å². The number of rotatable bonds is 3. The molecule has 0 aromatic heterocycles. The third-order valence-electron chi connectivity index (χ3n) is 6.65. The first-order valence-electron chi connectivity index (χ1n) is 8.74. The second-order valence-electron chi connectivity index (χ2n) is 7.52. The van der Waals surface area contributed by atoms with E-state index in [1.165, 1.54) is 0 Å². The van der Waals surface area contributed by atoms with Gasteiger partial charge in [0.1, 0.15) is 18.5 Å². The lowest BCUT2D eigenvalue weighted by Gasteiger charge is -2.56. The molecule has 1 aromatic rings. The molecule has 1 saturated heterocycles. The number of likely N-dealkylation sites (tertiary alicyclic amines) is 1. The van der Waals surface area contributed by atoms with Crippen molar-refractivity contribution in [2.75, 3.05) is 20.4 Å². The number of nitrogens with zero attached hydrogens (tertiary/aromatic N) is 1. The summed E-state index contributed by atoms with van der Waals surface area (Å²) in [7, 11) is 2.12. The molecular weight excluding hydrogens is 322 g/mol. The van der Waals surface area contributed by atoms with Gasteiger partial charge in [0, 0.05) is 28.5 Å². The third-order valence-corrected chi connectivity index (χ3v) is 6.65. The van der Waals surface area contributed by atoms with Crippen LogP contribution in [-0.4, -0.2) is 60.0 Å². The minimum Gasteiger partial charge on any atom is -0.482 e. The summed E-state index contributed by atoms with van der Waals surface area (Å²) in [6.45, 7) is 0.433. The lowest BCUT2D eigenvalue weighted by atomic mass is 9.53. The molecule has 0 saturated carbocycles. The number of hydrogen-bond donors (Lipinski definition) is 2. The molecule has 2 heterocycles. The van der Waals surface area contributed by atoms with E-state index in [4.69, 9.17) is 9.47 Å². The van der Waals surface area contributed by atoms with E-state index in [9.17, 15) is 15.0 Å². The number of aliphatic hydroxyl groups excluding tert-OH is 2. The Morgan fingerprint density at radius 3 is 3.08 bits per heavy atom. The smallest absolute Gasteiger partial charge is 0.186 e. The van der Waals surface area contributed by atoms with Crippen LogP contribution in [0.3, 0.4) is 0 Å². The summed E-state index contributed by atoms with van der Waals surface area (Å²) in [5.41, 5.74) is 2.28. The lowest BCUT2D eigenvalue weighted by molar-refractivity contribution is -0.0456. The van der Waals surface area contributed by atoms with Gasteiger partial charge < -0.3 is 24.6 Å². The summed E-state index contributed by atoms with van der Waals surface area (Å²) in [5, 5.41) is 19.9. The van der Waals surface area contributed by atoms with Crippen LogP contribution in [0.1, 0.15) is 27.9 Å². The molecule has 0 radical (unpaired) electrons. The lowest BCUT2D eigenvalue weighted by Crippen LogP contribution is -2.64. The first-order valence-corrected chi connectivity index (χ1v) is 8.74. The van der Waals surface area contributed by atoms with Gasteiger partial charge in [-0.25, -0.2) is 0 Å². The highest BCUT2D eigenvalue weighted by Gasteiger charge is 2.64. The number of piperidine rings is 1. The Balaban J connectivity index is 1.83. The SMILES string of the molecule is CN1CC[C@]23c4c5c(C=O)cc(OCO)c4O[C@H]2[C@@H](O)C=C[C@H]3[C@H]1C5. The zero-order chi connectivity index (χ0) is 17.3. The van der Waals surface area contributed by atoms with Crippen molar-refractivity contribution < 1.29 is 24.5 Å². The van der Waals surface area contributed by atoms with Gasteiger partial charge in [0.25, 0.3) is 0 Å². The van der Waals surface area contributed by atoms with E-state index < -0.39 is 12.9 Å². The summed E-state index contributed by atoms with van der Waals surface area (Å²) in [6.07, 6.45) is 5.38. The number of carbonyl (C=O) groups excluding carboxylic acids is 1. The molecular formula is C19H21NO5. The molecule has 6 heteroatoms. The van der Waals surface area contributed by atoms with Crippen molar-refractivity contribution in [1.29, 1.82) is 0 Å². The average molecular weight is 343 g/mol. The Morgan fingerprint density at radius 2 is 2.32 bits per heavy atom. The van der Waals surface area contributed by atoms with E-state index in [0.29, 0.717) is 17.1 Å². The van der Waals surface area contributed by atoms with Crippen molar-refractivity contribution in [3.63, 3.8) is 0 Å². The number of likely N-dealkylation sites (N-methyl/N-ethyl adjacent to an activating group) is 1. The van der Waals surface area contributed by atoms with Gasteiger partial charge in [-0.05, 0) is 38.1 Å². The maximum atomic E-state index is 11.7. The van der Waals surface area contributed by atoms with Gasteiger partial charge in [-0.15, -0.1) is 0 Å². The fraction of sp³-hybridized carbons (Fsp3) is 0.526. The number of carbonyl (C=O) groups is 1. The second kappa shape index (κ2) is 5.06. The van der Waals surface area contributed by atoms with Crippen molar-refractivity contribution in [3.05, 3.63) is 34.9 Å². The highest BCUT2D eigenvalue weighted by Crippen LogP contribution is 2.62. The quantitative estimate of drug-likeness (QED) is 0.476. The Hall–Kier alpha value is -1.89. The normalized spacial score (nSPS) is 37.4. The summed E-state index contributed by atoms with van der Waals surface area (Å²) < 4.78 is 11.6. The Kier molecular flexibility index (Phi) is 3.11. The van der Waals surface area contributed by atoms with Crippen molar-refractivity contribution in [1.82, 2.24) is 4.90 Å². The summed E-state index contributed by atoms with van der Waals surface area (Å²) in [6, 6.07) is 1.94. The minimum atomic E-state index is -0.694. The summed E-state index contributed by atoms with van der Waals surface area (Å²) in [4.78, 5) is 14.1. The van der Waals surface area contributed by atoms with Crippen molar-refractivity contribution in [3.8, 4) is 11.5 Å². The largest absolute Gasteiger partial charge is 0.482 e. The van der Waals surface area contributed by atoms with Crippen LogP contribution in [0.5, 0.6) is 11.5 Å². The van der Waals surface area contributed by atoms with Crippen molar-refractivity contribution in [2.45, 2.75) is 36.5 Å². The van der Waals surface area contributed by atoms with Gasteiger partial charge >= 0.3 is 0 Å². The van der Waals surface area contributed by atoms with Crippen LogP contribution in [-0.2, 0) is 11.8 Å². The predicted molar refractivity (Wildman–Crippen MR) is 89.0 cm³/mol. The van der Waals surface area contributed by atoms with Gasteiger partial charge in [-0.1, -0.05) is 12.2 Å². The maximum Gasteiger partial charge on any atom is 0.186 e. The van der Waals surface area contributed by atoms with Crippen LogP contribution in [0.2, 0.25) is 0 Å². The monoisotopic (exact) mass is 343 g/mol. The van der Waals surface area contributed by atoms with Gasteiger partial charge in [-0.3, -0.25) is 4.79 Å². The van der Waals surface area contributed by atoms with E-state index >= 15 is 0 Å². The Bertz CT molecular complexity index is 791. The predicted octanol–water partition coefficient (Wildman–Crippen LogP) is 0.634. The average Bonchev–Trinajstić information content (AvgIpc) is 2.96. The number of aliphatic hydroxyl groups is 2. The number of benzene rings is 1. The van der Waals surface area contributed by atoms with E-state index in [2.05, 4.69) is 18.0 Å². The van der Waals surface area contributed by atoms with Crippen LogP contribution in [0.15, 0.2) is 18.2 Å². The van der Waals surface area contributed by atoms with Crippen LogP contribution in [0, 0.1) is 5.92 Å². The molecule has 5 atom stereocenters. The van der Waals surface area contributed by atoms with Crippen molar-refractivity contribution >= 4 is 6.29 Å². The zero-order valence-electron chi connectivity index (χ0n) is 14.0. The van der Waals surface area contributed by atoms with Gasteiger partial charge in [-0.2, -0.15) is 0 Å². The molecule has 25 heavy (non-hydrogen) atoms. The highest BCUT2D eigenvalue weighted by molar-refractivity contribution is 5.82. The standard InChI is InChI=1S/C19H21NO5/c1-20-5-4-19-12-2-3-14(23)18(19)25-17-15(24-9-22)6-10(8-21)11(16(17)19)7-13(12)20/h2-3,6,8,12-14,18,22-23H,4-5,7,9H2,1H3/t12-,13+,14-,18-,19-/m0/s1. The molecule has 5 rings (SSSR count). The fourth-order valence-electron chi connectivity index (χ4n) is 5.62. The molecule has 2 aliphatic carbocycles. The van der Waals surface area contributed by atoms with E-state index in [0.717, 1.165) is 36.8 Å². The molecule has 0 unspecified atom stereocenters. The minimum absolute atomic E-state index is 0.234. The second-order valence-corrected chi connectivity index (χ2v) is 7.52. The van der Waals surface area contributed by atoms with E-state index in [1.54, 1.807) is 6.07 Å². The molecule has 2 aliphatic heterocycles. The molecule has 132 valence electrons. The molecule has 4 aliphatic rings. The molecule has 2 bridgehead atoms. The fourth-order valence-corrected chi connectivity index (χ4v) is 5.62. The van der Waals surface area contributed by atoms with Crippen LogP contribution in [0.25, 0.3) is 0 Å². The first kappa shape index (κ1) is 15.4. The maximum absolute atomic E-state index is 11.7. The number of ether oxygens (including phenoxy) is 2. The van der Waals surface area contributed by atoms with Crippen LogP contribution >= 0.6 is 0 Å². The van der Waals surface area contributed by atoms with Gasteiger partial charge in [0.05, 0.1) is 0 Å². The molecule has 1 spiro atoms. The van der Waals surface area contributed by atoms with E-state index in [-0.39, 0.29) is 23.5 Å². The Labute approximate surface area is 145 Å². The zero-order valence-corrected chi connectivity index (χ0v) is 14.0. The highest BCUT2D eigenvalue weighted by atomic mass is 16.6. The molecule has 6 nitrogen and oxygen atoms in total. The molecule has 2 N–H and O–H groups in total. The third kappa shape index (κ3) is 1.72. The van der Waals surface area contributed by atoms with Crippen LogP contribution in [0.4, 0.5) is 0 Å². The van der Waals surface area contributed by atoms with Gasteiger partial charge in [0.2, 0.25) is 0 Å². The topological polar surface area (TPSA) is 79.2 Å². The molecule has 1 fully saturated rings. The first-order chi connectivity index (χ1) is 12.1. The molecule has 1 aromatic carbocycles. The molecule has 0 amide bonds. The number of hydrogen-bond acceptors (Lipinski definition) is 6. The van der Waals surface area contributed by atoms with E-state index in [1.807, 2.05) is 6.08 Å². The number of aldehydes is 1. The summed E-state index contributed by atoms with van der Waals surface area (Å²) in [5.74, 6) is 1.21. The van der Waals surface area contributed by atoms with Gasteiger partial charge in [0.15, 0.2) is 18.3 Å². The Morgan fingerprint density at radius 1 is 1.48 bits per heavy atom.